The minimum Gasteiger partial charge on any atom is -0.253 e. The van der Waals surface area contributed by atoms with Crippen molar-refractivity contribution < 1.29 is 0 Å². The van der Waals surface area contributed by atoms with Crippen LogP contribution in [0.4, 0.5) is 0 Å². The molecule has 0 aliphatic carbocycles. The largest absolute Gasteiger partial charge is 0.253 e. The van der Waals surface area contributed by atoms with Gasteiger partial charge in [0, 0.05) is 11.1 Å². The molecule has 7 heavy (non-hydrogen) atoms. The molecule has 1 heterocycles. The van der Waals surface area contributed by atoms with E-state index in [1.165, 1.54) is 17.4 Å². The molecule has 0 spiro atoms. The second-order valence-corrected chi connectivity index (χ2v) is 1.99. The fraction of sp³-hybridized carbons (Fsp3) is 0. The lowest BCUT2D eigenvalue weighted by Gasteiger charge is -1.68. The van der Waals surface area contributed by atoms with Crippen LogP contribution in [0.15, 0.2) is 11.7 Å². The lowest BCUT2D eigenvalue weighted by molar-refractivity contribution is 1.42. The van der Waals surface area contributed by atoms with Crippen molar-refractivity contribution in [2.45, 2.75) is 0 Å². The van der Waals surface area contributed by atoms with Crippen LogP contribution in [0, 0.1) is 6.58 Å². The maximum absolute atomic E-state index is 5.14. The second-order valence-electron chi connectivity index (χ2n) is 1.07. The Balaban J connectivity index is 2.96. The van der Waals surface area contributed by atoms with Gasteiger partial charge in [0.15, 0.2) is 0 Å². The zero-order chi connectivity index (χ0) is 5.11. The third-order valence-corrected chi connectivity index (χ3v) is 1.36. The number of hydrogen-bond donors (Lipinski definition) is 0. The Morgan fingerprint density at radius 3 is 3.00 bits per heavy atom. The van der Waals surface area contributed by atoms with E-state index >= 15 is 0 Å². The summed E-state index contributed by atoms with van der Waals surface area (Å²) in [5.74, 6) is 0. The molecule has 0 saturated heterocycles. The molecule has 1 aromatic heterocycles. The number of rotatable bonds is 1. The van der Waals surface area contributed by atoms with Gasteiger partial charge < -0.3 is 0 Å². The first-order chi connectivity index (χ1) is 3.43. The van der Waals surface area contributed by atoms with E-state index in [9.17, 15) is 0 Å². The van der Waals surface area contributed by atoms with Crippen LogP contribution in [-0.2, 0) is 0 Å². The molecule has 0 amide bonds. The van der Waals surface area contributed by atoms with Gasteiger partial charge in [0.05, 0.1) is 5.51 Å². The summed E-state index contributed by atoms with van der Waals surface area (Å²) in [6.07, 6.45) is 3.27. The van der Waals surface area contributed by atoms with E-state index in [2.05, 4.69) is 4.98 Å². The van der Waals surface area contributed by atoms with E-state index < -0.39 is 0 Å². The topological polar surface area (TPSA) is 12.9 Å². The third-order valence-electron chi connectivity index (χ3n) is 0.616. The molecule has 2 heteroatoms. The molecule has 0 aromatic carbocycles. The van der Waals surface area contributed by atoms with E-state index in [1.54, 1.807) is 11.7 Å². The van der Waals surface area contributed by atoms with Crippen LogP contribution in [0.1, 0.15) is 4.88 Å². The monoisotopic (exact) mass is 110 g/mol. The molecular weight excluding hydrogens is 106 g/mol. The summed E-state index contributed by atoms with van der Waals surface area (Å²) in [5, 5.41) is 0. The zero-order valence-corrected chi connectivity index (χ0v) is 4.48. The molecule has 0 fully saturated rings. The molecule has 1 nitrogen and oxygen atoms in total. The van der Waals surface area contributed by atoms with Crippen LogP contribution < -0.4 is 0 Å². The number of hydrogen-bond acceptors (Lipinski definition) is 2. The van der Waals surface area contributed by atoms with Crippen LogP contribution in [0.3, 0.4) is 0 Å². The standard InChI is InChI=1S/C5H4NS/c1-2-5-3-6-4-7-5/h1-4H. The highest BCUT2D eigenvalue weighted by molar-refractivity contribution is 7.10. The smallest absolute Gasteiger partial charge is 0.0797 e. The minimum absolute atomic E-state index is 1.01. The van der Waals surface area contributed by atoms with Gasteiger partial charge in [-0.05, 0) is 6.08 Å². The van der Waals surface area contributed by atoms with Gasteiger partial charge in [-0.3, -0.25) is 4.98 Å². The summed E-state index contributed by atoms with van der Waals surface area (Å²) < 4.78 is 0. The Bertz CT molecular complexity index is 143. The van der Waals surface area contributed by atoms with Crippen molar-refractivity contribution in [2.75, 3.05) is 0 Å². The van der Waals surface area contributed by atoms with Crippen molar-refractivity contribution in [3.8, 4) is 0 Å². The first-order valence-electron chi connectivity index (χ1n) is 1.87. The van der Waals surface area contributed by atoms with Crippen molar-refractivity contribution in [1.29, 1.82) is 0 Å². The predicted octanol–water partition coefficient (Wildman–Crippen LogP) is 1.59. The van der Waals surface area contributed by atoms with E-state index in [1.807, 2.05) is 0 Å². The Morgan fingerprint density at radius 1 is 1.86 bits per heavy atom. The minimum atomic E-state index is 1.01. The highest BCUT2D eigenvalue weighted by Gasteiger charge is 1.80. The van der Waals surface area contributed by atoms with Gasteiger partial charge in [0.2, 0.25) is 0 Å². The molecule has 0 aliphatic heterocycles. The molecule has 0 N–H and O–H groups in total. The van der Waals surface area contributed by atoms with Crippen LogP contribution in [-0.4, -0.2) is 4.98 Å². The molecule has 0 atom stereocenters. The van der Waals surface area contributed by atoms with Gasteiger partial charge in [-0.1, -0.05) is 6.58 Å². The maximum atomic E-state index is 5.14. The maximum Gasteiger partial charge on any atom is 0.0797 e. The Kier molecular flexibility index (Phi) is 1.22. The normalized spacial score (nSPS) is 8.57. The molecule has 0 aliphatic rings. The zero-order valence-electron chi connectivity index (χ0n) is 3.66. The van der Waals surface area contributed by atoms with Gasteiger partial charge in [0.1, 0.15) is 0 Å². The van der Waals surface area contributed by atoms with Crippen molar-refractivity contribution in [3.63, 3.8) is 0 Å². The number of nitrogens with zero attached hydrogens (tertiary/aromatic N) is 1. The van der Waals surface area contributed by atoms with Crippen LogP contribution in [0.2, 0.25) is 0 Å². The molecule has 1 rings (SSSR count). The summed E-state index contributed by atoms with van der Waals surface area (Å²) in [7, 11) is 0. The first kappa shape index (κ1) is 4.53. The molecule has 0 saturated carbocycles. The average molecular weight is 110 g/mol. The second kappa shape index (κ2) is 1.89. The Hall–Kier alpha value is -0.630. The van der Waals surface area contributed by atoms with Crippen LogP contribution in [0.5, 0.6) is 0 Å². The van der Waals surface area contributed by atoms with Crippen LogP contribution >= 0.6 is 11.3 Å². The van der Waals surface area contributed by atoms with Crippen molar-refractivity contribution in [1.82, 2.24) is 4.98 Å². The fourth-order valence-electron chi connectivity index (χ4n) is 0.308. The lowest BCUT2D eigenvalue weighted by Crippen LogP contribution is -1.50. The highest BCUT2D eigenvalue weighted by Crippen LogP contribution is 2.04. The van der Waals surface area contributed by atoms with Crippen molar-refractivity contribution in [3.05, 3.63) is 23.2 Å². The van der Waals surface area contributed by atoms with Crippen molar-refractivity contribution in [2.24, 2.45) is 0 Å². The molecular formula is C5H4NS. The van der Waals surface area contributed by atoms with E-state index in [4.69, 9.17) is 6.58 Å². The molecule has 0 unspecified atom stereocenters. The van der Waals surface area contributed by atoms with E-state index in [-0.39, 0.29) is 0 Å². The lowest BCUT2D eigenvalue weighted by atomic mass is 10.6. The highest BCUT2D eigenvalue weighted by atomic mass is 32.1. The number of thiazole rings is 1. The quantitative estimate of drug-likeness (QED) is 0.535. The average Bonchev–Trinajstić information content (AvgIpc) is 2.14. The van der Waals surface area contributed by atoms with Gasteiger partial charge in [-0.2, -0.15) is 0 Å². The Labute approximate surface area is 46.3 Å². The van der Waals surface area contributed by atoms with Gasteiger partial charge in [-0.15, -0.1) is 11.3 Å². The molecule has 0 bridgehead atoms. The SMILES string of the molecule is [CH]=Cc1cncs1. The summed E-state index contributed by atoms with van der Waals surface area (Å²) in [6, 6.07) is 0. The molecule has 1 radical (unpaired) electrons. The van der Waals surface area contributed by atoms with Gasteiger partial charge >= 0.3 is 0 Å². The van der Waals surface area contributed by atoms with Crippen LogP contribution in [0.25, 0.3) is 6.08 Å². The van der Waals surface area contributed by atoms with Crippen molar-refractivity contribution >= 4 is 17.4 Å². The van der Waals surface area contributed by atoms with Gasteiger partial charge in [-0.25, -0.2) is 0 Å². The summed E-state index contributed by atoms with van der Waals surface area (Å²) >= 11 is 1.53. The summed E-state index contributed by atoms with van der Waals surface area (Å²) in [5.41, 5.74) is 1.75. The van der Waals surface area contributed by atoms with Gasteiger partial charge in [0.25, 0.3) is 0 Å². The summed E-state index contributed by atoms with van der Waals surface area (Å²) in [4.78, 5) is 4.81. The fourth-order valence-corrected chi connectivity index (χ4v) is 0.752. The van der Waals surface area contributed by atoms with E-state index in [0.29, 0.717) is 0 Å². The number of aromatic nitrogens is 1. The predicted molar refractivity (Wildman–Crippen MR) is 30.9 cm³/mol. The first-order valence-corrected chi connectivity index (χ1v) is 2.75. The Morgan fingerprint density at radius 2 is 2.71 bits per heavy atom. The molecule has 35 valence electrons. The van der Waals surface area contributed by atoms with E-state index in [0.717, 1.165) is 4.88 Å². The molecule has 1 aromatic rings. The third kappa shape index (κ3) is 0.871. The summed E-state index contributed by atoms with van der Waals surface area (Å²) in [6.45, 7) is 5.14.